The van der Waals surface area contributed by atoms with Crippen LogP contribution in [0.1, 0.15) is 91.4 Å². The standard InChI is InChI=1S/C26H46NO8PS/c1-17(4-9-24(28)27-14-15-37(32,33)34)21-7-8-22-20-6-5-18-16-19(35-36(29,30)31)10-12-25(18,2)23(20)11-13-26(21,22)3/h17-23H,4-16H2,1-3H3,(H,27,28)(H2,29,30,31)(H,32,33,34)/t17?,18?,19-,20?,21-,22?,23?,25+,26-/m1/s1. The SMILES string of the molecule is CC(CCC(=O)NCCS(=O)(=O)O)[C@H]1CCC2C3CCC4C[C@H](OP(=O)(O)O)CC[C@]4(C)C3CC[C@@]21C. The first-order valence-corrected chi connectivity index (χ1v) is 17.2. The molecule has 9 atom stereocenters. The summed E-state index contributed by atoms with van der Waals surface area (Å²) in [5, 5.41) is 2.60. The molecule has 4 saturated carbocycles. The van der Waals surface area contributed by atoms with Crippen molar-refractivity contribution in [3.05, 3.63) is 0 Å². The highest BCUT2D eigenvalue weighted by atomic mass is 32.2. The summed E-state index contributed by atoms with van der Waals surface area (Å²) in [6.07, 6.45) is 10.4. The molecule has 4 rings (SSSR count). The van der Waals surface area contributed by atoms with E-state index in [1.807, 2.05) is 0 Å². The molecular weight excluding hydrogens is 517 g/mol. The first-order valence-electron chi connectivity index (χ1n) is 14.1. The van der Waals surface area contributed by atoms with E-state index in [0.717, 1.165) is 32.1 Å². The molecule has 5 unspecified atom stereocenters. The second-order valence-electron chi connectivity index (χ2n) is 13.0. The fraction of sp³-hybridized carbons (Fsp3) is 0.962. The predicted octanol–water partition coefficient (Wildman–Crippen LogP) is 4.54. The Morgan fingerprint density at radius 1 is 1.05 bits per heavy atom. The Morgan fingerprint density at radius 3 is 2.41 bits per heavy atom. The fourth-order valence-corrected chi connectivity index (χ4v) is 10.4. The van der Waals surface area contributed by atoms with E-state index in [1.165, 1.54) is 32.1 Å². The molecule has 0 saturated heterocycles. The van der Waals surface area contributed by atoms with Crippen LogP contribution in [0.15, 0.2) is 0 Å². The van der Waals surface area contributed by atoms with Crippen LogP contribution in [0.25, 0.3) is 0 Å². The van der Waals surface area contributed by atoms with E-state index in [9.17, 15) is 27.6 Å². The molecule has 0 aliphatic heterocycles. The van der Waals surface area contributed by atoms with Gasteiger partial charge in [-0.15, -0.1) is 0 Å². The molecule has 0 aromatic carbocycles. The fourth-order valence-electron chi connectivity index (χ4n) is 9.45. The van der Waals surface area contributed by atoms with Crippen LogP contribution in [0.2, 0.25) is 0 Å². The van der Waals surface area contributed by atoms with Gasteiger partial charge in [-0.05, 0) is 111 Å². The summed E-state index contributed by atoms with van der Waals surface area (Å²) in [5.41, 5.74) is 0.481. The molecule has 4 aliphatic rings. The predicted molar refractivity (Wildman–Crippen MR) is 140 cm³/mol. The molecule has 9 nitrogen and oxygen atoms in total. The maximum Gasteiger partial charge on any atom is 0.469 e. The number of amides is 1. The van der Waals surface area contributed by atoms with Crippen molar-refractivity contribution in [3.63, 3.8) is 0 Å². The lowest BCUT2D eigenvalue weighted by Gasteiger charge is -2.61. The van der Waals surface area contributed by atoms with Gasteiger partial charge in [-0.2, -0.15) is 8.42 Å². The molecule has 0 radical (unpaired) electrons. The number of phosphoric acid groups is 1. The molecule has 1 amide bonds. The van der Waals surface area contributed by atoms with Crippen LogP contribution >= 0.6 is 7.82 Å². The van der Waals surface area contributed by atoms with Crippen LogP contribution in [-0.2, 0) is 24.0 Å². The van der Waals surface area contributed by atoms with Gasteiger partial charge < -0.3 is 15.1 Å². The minimum atomic E-state index is -4.46. The third kappa shape index (κ3) is 6.46. The highest BCUT2D eigenvalue weighted by Gasteiger charge is 2.60. The molecule has 0 bridgehead atoms. The topological polar surface area (TPSA) is 150 Å². The van der Waals surface area contributed by atoms with Crippen LogP contribution in [0.3, 0.4) is 0 Å². The van der Waals surface area contributed by atoms with E-state index in [-0.39, 0.29) is 29.4 Å². The quantitative estimate of drug-likeness (QED) is 0.236. The van der Waals surface area contributed by atoms with Crippen molar-refractivity contribution in [1.29, 1.82) is 0 Å². The van der Waals surface area contributed by atoms with Crippen LogP contribution in [0.5, 0.6) is 0 Å². The summed E-state index contributed by atoms with van der Waals surface area (Å²) < 4.78 is 47.1. The molecule has 4 N–H and O–H groups in total. The molecule has 11 heteroatoms. The van der Waals surface area contributed by atoms with Crippen molar-refractivity contribution in [1.82, 2.24) is 5.32 Å². The minimum Gasteiger partial charge on any atom is -0.355 e. The van der Waals surface area contributed by atoms with Gasteiger partial charge in [-0.25, -0.2) is 4.57 Å². The van der Waals surface area contributed by atoms with E-state index >= 15 is 0 Å². The minimum absolute atomic E-state index is 0.0652. The zero-order valence-electron chi connectivity index (χ0n) is 22.5. The largest absolute Gasteiger partial charge is 0.469 e. The summed E-state index contributed by atoms with van der Waals surface area (Å²) in [6.45, 7) is 7.11. The van der Waals surface area contributed by atoms with E-state index in [0.29, 0.717) is 41.9 Å². The van der Waals surface area contributed by atoms with Gasteiger partial charge in [0.25, 0.3) is 10.1 Å². The average Bonchev–Trinajstić information content (AvgIpc) is 3.13. The number of hydrogen-bond donors (Lipinski definition) is 4. The van der Waals surface area contributed by atoms with Crippen molar-refractivity contribution < 1.29 is 36.6 Å². The second kappa shape index (κ2) is 10.8. The molecule has 37 heavy (non-hydrogen) atoms. The van der Waals surface area contributed by atoms with Gasteiger partial charge in [0, 0.05) is 13.0 Å². The zero-order chi connectivity index (χ0) is 27.2. The Morgan fingerprint density at radius 2 is 1.73 bits per heavy atom. The van der Waals surface area contributed by atoms with E-state index in [2.05, 4.69) is 26.1 Å². The molecule has 0 aromatic rings. The number of carbonyl (C=O) groups is 1. The van der Waals surface area contributed by atoms with Crippen molar-refractivity contribution in [2.24, 2.45) is 46.3 Å². The molecule has 0 spiro atoms. The molecule has 0 heterocycles. The maximum absolute atomic E-state index is 12.2. The normalized spacial score (nSPS) is 40.8. The lowest BCUT2D eigenvalue weighted by Crippen LogP contribution is -2.54. The molecule has 4 fully saturated rings. The van der Waals surface area contributed by atoms with Gasteiger partial charge in [0.15, 0.2) is 0 Å². The van der Waals surface area contributed by atoms with Gasteiger partial charge in [0.1, 0.15) is 0 Å². The lowest BCUT2D eigenvalue weighted by molar-refractivity contribution is -0.128. The van der Waals surface area contributed by atoms with Gasteiger partial charge in [-0.1, -0.05) is 20.8 Å². The number of phosphoric ester groups is 1. The van der Waals surface area contributed by atoms with Gasteiger partial charge in [0.2, 0.25) is 5.91 Å². The number of rotatable bonds is 9. The van der Waals surface area contributed by atoms with Crippen LogP contribution in [-0.4, -0.2) is 47.1 Å². The van der Waals surface area contributed by atoms with Crippen LogP contribution in [0, 0.1) is 46.3 Å². The average molecular weight is 564 g/mol. The Hall–Kier alpha value is -0.510. The van der Waals surface area contributed by atoms with Gasteiger partial charge in [0.05, 0.1) is 11.9 Å². The van der Waals surface area contributed by atoms with E-state index in [1.54, 1.807) is 0 Å². The summed E-state index contributed by atoms with van der Waals surface area (Å²) in [6, 6.07) is 0. The van der Waals surface area contributed by atoms with Gasteiger partial charge in [-0.3, -0.25) is 13.9 Å². The Labute approximate surface area is 221 Å². The number of nitrogens with one attached hydrogen (secondary N) is 1. The first-order chi connectivity index (χ1) is 17.1. The van der Waals surface area contributed by atoms with Crippen LogP contribution in [0.4, 0.5) is 0 Å². The number of fused-ring (bicyclic) bond motifs is 5. The monoisotopic (exact) mass is 563 g/mol. The summed E-state index contributed by atoms with van der Waals surface area (Å²) in [5.74, 6) is 2.85. The van der Waals surface area contributed by atoms with Gasteiger partial charge >= 0.3 is 7.82 Å². The molecule has 214 valence electrons. The van der Waals surface area contributed by atoms with E-state index in [4.69, 9.17) is 9.08 Å². The smallest absolute Gasteiger partial charge is 0.355 e. The van der Waals surface area contributed by atoms with Crippen molar-refractivity contribution >= 4 is 23.8 Å². The lowest BCUT2D eigenvalue weighted by atomic mass is 9.44. The first kappa shape index (κ1) is 29.5. The Balaban J connectivity index is 1.35. The third-order valence-electron chi connectivity index (χ3n) is 11.2. The zero-order valence-corrected chi connectivity index (χ0v) is 24.2. The summed E-state index contributed by atoms with van der Waals surface area (Å²) >= 11 is 0. The summed E-state index contributed by atoms with van der Waals surface area (Å²) in [4.78, 5) is 30.8. The second-order valence-corrected chi connectivity index (χ2v) is 15.8. The number of carbonyl (C=O) groups excluding carboxylic acids is 1. The third-order valence-corrected chi connectivity index (χ3v) is 12.5. The molecule has 4 aliphatic carbocycles. The van der Waals surface area contributed by atoms with Crippen molar-refractivity contribution in [3.8, 4) is 0 Å². The Bertz CT molecular complexity index is 1000. The highest BCUT2D eigenvalue weighted by molar-refractivity contribution is 7.85. The molecular formula is C26H46NO8PS. The highest BCUT2D eigenvalue weighted by Crippen LogP contribution is 2.68. The number of hydrogen-bond acceptors (Lipinski definition) is 5. The van der Waals surface area contributed by atoms with Crippen LogP contribution < -0.4 is 5.32 Å². The van der Waals surface area contributed by atoms with Crippen molar-refractivity contribution in [2.45, 2.75) is 97.5 Å². The summed E-state index contributed by atoms with van der Waals surface area (Å²) in [7, 11) is -8.53. The Kier molecular flexibility index (Phi) is 8.61. The van der Waals surface area contributed by atoms with Crippen molar-refractivity contribution in [2.75, 3.05) is 12.3 Å². The molecule has 0 aromatic heterocycles. The van der Waals surface area contributed by atoms with E-state index < -0.39 is 23.7 Å². The maximum atomic E-state index is 12.2.